The van der Waals surface area contributed by atoms with Gasteiger partial charge < -0.3 is 9.47 Å². The van der Waals surface area contributed by atoms with Crippen molar-refractivity contribution in [1.82, 2.24) is 0 Å². The number of benzene rings is 1. The van der Waals surface area contributed by atoms with Crippen LogP contribution in [0.25, 0.3) is 0 Å². The molecule has 0 fully saturated rings. The van der Waals surface area contributed by atoms with E-state index in [1.807, 2.05) is 0 Å². The Morgan fingerprint density at radius 3 is 2.50 bits per heavy atom. The number of hydrogen-bond donors (Lipinski definition) is 0. The summed E-state index contributed by atoms with van der Waals surface area (Å²) in [7, 11) is 1.48. The van der Waals surface area contributed by atoms with Crippen LogP contribution in [0.5, 0.6) is 11.5 Å². The van der Waals surface area contributed by atoms with Crippen molar-refractivity contribution in [2.75, 3.05) is 7.11 Å². The van der Waals surface area contributed by atoms with E-state index in [1.165, 1.54) is 13.2 Å². The topological polar surface area (TPSA) is 52.6 Å². The summed E-state index contributed by atoms with van der Waals surface area (Å²) in [6, 6.07) is 4.77. The van der Waals surface area contributed by atoms with E-state index in [2.05, 4.69) is 15.9 Å². The van der Waals surface area contributed by atoms with Crippen LogP contribution in [0.2, 0.25) is 0 Å². The second-order valence-electron chi connectivity index (χ2n) is 3.67. The van der Waals surface area contributed by atoms with Crippen LogP contribution in [-0.2, 0) is 4.79 Å². The van der Waals surface area contributed by atoms with E-state index < -0.39 is 0 Å². The average Bonchev–Trinajstić information content (AvgIpc) is 2.37. The largest absolute Gasteiger partial charge is 0.493 e. The molecule has 18 heavy (non-hydrogen) atoms. The van der Waals surface area contributed by atoms with Crippen LogP contribution in [0.4, 0.5) is 0 Å². The highest BCUT2D eigenvalue weighted by molar-refractivity contribution is 9.10. The first-order valence-corrected chi connectivity index (χ1v) is 6.48. The molecule has 0 bridgehead atoms. The monoisotopic (exact) mass is 314 g/mol. The third-order valence-electron chi connectivity index (χ3n) is 2.32. The number of carbonyl (C=O) groups is 2. The lowest BCUT2D eigenvalue weighted by Crippen LogP contribution is -2.11. The Kier molecular flexibility index (Phi) is 5.34. The van der Waals surface area contributed by atoms with Gasteiger partial charge in [0.1, 0.15) is 0 Å². The summed E-state index contributed by atoms with van der Waals surface area (Å²) < 4.78 is 10.2. The molecule has 0 aliphatic carbocycles. The summed E-state index contributed by atoms with van der Waals surface area (Å²) in [5, 5.41) is 0. The molecular weight excluding hydrogens is 300 g/mol. The highest BCUT2D eigenvalue weighted by Gasteiger charge is 2.16. The molecule has 0 aliphatic rings. The molecule has 0 saturated heterocycles. The molecule has 0 spiro atoms. The van der Waals surface area contributed by atoms with Gasteiger partial charge in [0.15, 0.2) is 17.3 Å². The van der Waals surface area contributed by atoms with E-state index in [9.17, 15) is 9.59 Å². The lowest BCUT2D eigenvalue weighted by atomic mass is 10.1. The first-order valence-electron chi connectivity index (χ1n) is 5.56. The molecule has 0 N–H and O–H groups in total. The third kappa shape index (κ3) is 3.57. The lowest BCUT2D eigenvalue weighted by molar-refractivity contribution is -0.134. The van der Waals surface area contributed by atoms with Crippen molar-refractivity contribution >= 4 is 27.7 Å². The maximum Gasteiger partial charge on any atom is 0.311 e. The molecule has 0 amide bonds. The summed E-state index contributed by atoms with van der Waals surface area (Å²) >= 11 is 3.21. The van der Waals surface area contributed by atoms with Gasteiger partial charge in [-0.25, -0.2) is 0 Å². The summed E-state index contributed by atoms with van der Waals surface area (Å²) in [5.41, 5.74) is 0.471. The number of halogens is 1. The maximum atomic E-state index is 11.8. The number of rotatable bonds is 5. The van der Waals surface area contributed by atoms with Crippen LogP contribution in [0, 0.1) is 0 Å². The molecule has 4 nitrogen and oxygen atoms in total. The summed E-state index contributed by atoms with van der Waals surface area (Å²) in [5.74, 6) is 0.246. The van der Waals surface area contributed by atoms with E-state index in [1.54, 1.807) is 26.0 Å². The van der Waals surface area contributed by atoms with Crippen molar-refractivity contribution in [2.45, 2.75) is 25.1 Å². The molecule has 1 aromatic rings. The molecule has 1 rings (SSSR count). The van der Waals surface area contributed by atoms with Gasteiger partial charge in [-0.3, -0.25) is 9.59 Å². The van der Waals surface area contributed by atoms with Crippen LogP contribution >= 0.6 is 15.9 Å². The van der Waals surface area contributed by atoms with Gasteiger partial charge in [-0.15, -0.1) is 0 Å². The molecule has 0 aliphatic heterocycles. The summed E-state index contributed by atoms with van der Waals surface area (Å²) in [4.78, 5) is 22.8. The maximum absolute atomic E-state index is 11.8. The number of hydrogen-bond acceptors (Lipinski definition) is 4. The Labute approximate surface area is 114 Å². The van der Waals surface area contributed by atoms with E-state index in [4.69, 9.17) is 9.47 Å². The molecular formula is C13H15BrO4. The Bertz CT molecular complexity index is 454. The van der Waals surface area contributed by atoms with E-state index in [0.717, 1.165) is 0 Å². The zero-order valence-electron chi connectivity index (χ0n) is 10.5. The normalized spacial score (nSPS) is 11.8. The fourth-order valence-corrected chi connectivity index (χ4v) is 1.60. The second-order valence-corrected chi connectivity index (χ2v) is 5.05. The first kappa shape index (κ1) is 14.7. The van der Waals surface area contributed by atoms with Gasteiger partial charge in [0.2, 0.25) is 0 Å². The van der Waals surface area contributed by atoms with Gasteiger partial charge in [0.25, 0.3) is 0 Å². The Balaban J connectivity index is 3.09. The molecule has 1 atom stereocenters. The zero-order chi connectivity index (χ0) is 13.7. The van der Waals surface area contributed by atoms with Gasteiger partial charge >= 0.3 is 5.97 Å². The van der Waals surface area contributed by atoms with Crippen LogP contribution in [0.3, 0.4) is 0 Å². The number of esters is 1. The van der Waals surface area contributed by atoms with Crippen molar-refractivity contribution in [3.63, 3.8) is 0 Å². The van der Waals surface area contributed by atoms with Crippen molar-refractivity contribution in [1.29, 1.82) is 0 Å². The van der Waals surface area contributed by atoms with Gasteiger partial charge in [0, 0.05) is 12.0 Å². The zero-order valence-corrected chi connectivity index (χ0v) is 12.1. The Hall–Kier alpha value is -1.36. The number of ether oxygens (including phenoxy) is 2. The highest BCUT2D eigenvalue weighted by atomic mass is 79.9. The number of ketones is 1. The van der Waals surface area contributed by atoms with Crippen molar-refractivity contribution in [2.24, 2.45) is 0 Å². The fourth-order valence-electron chi connectivity index (χ4n) is 1.33. The van der Waals surface area contributed by atoms with Gasteiger partial charge in [0.05, 0.1) is 11.9 Å². The third-order valence-corrected chi connectivity index (χ3v) is 2.74. The van der Waals surface area contributed by atoms with E-state index in [-0.39, 0.29) is 28.8 Å². The van der Waals surface area contributed by atoms with Crippen LogP contribution in [0.15, 0.2) is 18.2 Å². The van der Waals surface area contributed by atoms with Gasteiger partial charge in [-0.1, -0.05) is 22.9 Å². The van der Waals surface area contributed by atoms with E-state index in [0.29, 0.717) is 11.3 Å². The minimum atomic E-state index is -0.371. The molecule has 0 radical (unpaired) electrons. The van der Waals surface area contributed by atoms with Crippen LogP contribution < -0.4 is 9.47 Å². The minimum Gasteiger partial charge on any atom is -0.493 e. The van der Waals surface area contributed by atoms with Crippen LogP contribution in [-0.4, -0.2) is 23.7 Å². The molecule has 1 unspecified atom stereocenters. The molecule has 0 heterocycles. The Morgan fingerprint density at radius 1 is 1.33 bits per heavy atom. The van der Waals surface area contributed by atoms with E-state index >= 15 is 0 Å². The van der Waals surface area contributed by atoms with Crippen molar-refractivity contribution < 1.29 is 19.1 Å². The van der Waals surface area contributed by atoms with Gasteiger partial charge in [-0.2, -0.15) is 0 Å². The lowest BCUT2D eigenvalue weighted by Gasteiger charge is -2.10. The predicted octanol–water partition coefficient (Wildman–Crippen LogP) is 2.98. The quantitative estimate of drug-likeness (QED) is 0.363. The molecule has 98 valence electrons. The fraction of sp³-hybridized carbons (Fsp3) is 0.385. The smallest absolute Gasteiger partial charge is 0.311 e. The number of carbonyl (C=O) groups excluding carboxylic acids is 2. The number of methoxy groups -OCH3 is 1. The summed E-state index contributed by atoms with van der Waals surface area (Å²) in [6.45, 7) is 3.44. The highest BCUT2D eigenvalue weighted by Crippen LogP contribution is 2.29. The Morgan fingerprint density at radius 2 is 2.00 bits per heavy atom. The second kappa shape index (κ2) is 6.54. The van der Waals surface area contributed by atoms with Crippen molar-refractivity contribution in [3.8, 4) is 11.5 Å². The molecule has 0 aromatic heterocycles. The molecule has 5 heteroatoms. The van der Waals surface area contributed by atoms with Crippen molar-refractivity contribution in [3.05, 3.63) is 23.8 Å². The molecule has 1 aromatic carbocycles. The standard InChI is InChI=1S/C13H15BrO4/c1-4-12(15)18-11-7-9(13(16)8(2)14)5-6-10(11)17-3/h5-8H,4H2,1-3H3. The SMILES string of the molecule is CCC(=O)Oc1cc(C(=O)C(C)Br)ccc1OC. The predicted molar refractivity (Wildman–Crippen MR) is 71.6 cm³/mol. The minimum absolute atomic E-state index is 0.0774. The summed E-state index contributed by atoms with van der Waals surface area (Å²) in [6.07, 6.45) is 0.260. The average molecular weight is 315 g/mol. The van der Waals surface area contributed by atoms with Crippen LogP contribution in [0.1, 0.15) is 30.6 Å². The first-order chi connectivity index (χ1) is 8.49. The number of Topliss-reactive ketones (excluding diaryl/α,β-unsaturated/α-hetero) is 1. The van der Waals surface area contributed by atoms with Gasteiger partial charge in [-0.05, 0) is 25.1 Å². The number of alkyl halides is 1. The molecule has 0 saturated carbocycles.